The van der Waals surface area contributed by atoms with Gasteiger partial charge in [0, 0.05) is 21.3 Å². The molecule has 0 saturated heterocycles. The van der Waals surface area contributed by atoms with Crippen molar-refractivity contribution >= 4 is 27.4 Å². The zero-order chi connectivity index (χ0) is 12.3. The van der Waals surface area contributed by atoms with Crippen LogP contribution in [-0.2, 0) is 0 Å². The molecule has 0 bridgehead atoms. The Balaban J connectivity index is 2.27. The third-order valence-electron chi connectivity index (χ3n) is 2.42. The van der Waals surface area contributed by atoms with Gasteiger partial charge in [0.15, 0.2) is 5.78 Å². The maximum Gasteiger partial charge on any atom is 0.193 e. The molecule has 0 aliphatic carbocycles. The molecule has 0 saturated carbocycles. The first kappa shape index (κ1) is 11.8. The van der Waals surface area contributed by atoms with E-state index in [1.807, 2.05) is 12.1 Å². The number of hydrogen-bond acceptors (Lipinski definition) is 3. The van der Waals surface area contributed by atoms with Gasteiger partial charge in [-0.25, -0.2) is 0 Å². The van der Waals surface area contributed by atoms with Crippen LogP contribution in [0.2, 0.25) is 0 Å². The Morgan fingerprint density at radius 1 is 0.941 bits per heavy atom. The number of ketones is 1. The predicted molar refractivity (Wildman–Crippen MR) is 71.8 cm³/mol. The lowest BCUT2D eigenvalue weighted by Gasteiger charge is -2.03. The quantitative estimate of drug-likeness (QED) is 0.519. The van der Waals surface area contributed by atoms with Gasteiger partial charge >= 0.3 is 0 Å². The number of carbonyl (C=O) groups excluding carboxylic acids is 1. The van der Waals surface area contributed by atoms with Crippen LogP contribution in [0.1, 0.15) is 15.9 Å². The fourth-order valence-corrected chi connectivity index (χ4v) is 1.75. The molecule has 86 valence electrons. The molecule has 0 spiro atoms. The largest absolute Gasteiger partial charge is 0.324 e. The highest BCUT2D eigenvalue weighted by atomic mass is 79.9. The van der Waals surface area contributed by atoms with Gasteiger partial charge < -0.3 is 5.43 Å². The average molecular weight is 291 g/mol. The SMILES string of the molecule is NNc1ccc(C(=O)c2ccc(Br)cc2)cc1. The van der Waals surface area contributed by atoms with Crippen LogP contribution < -0.4 is 11.3 Å². The zero-order valence-electron chi connectivity index (χ0n) is 8.98. The minimum atomic E-state index is 0.000992. The highest BCUT2D eigenvalue weighted by molar-refractivity contribution is 9.10. The third-order valence-corrected chi connectivity index (χ3v) is 2.95. The molecule has 0 aliphatic heterocycles. The number of benzene rings is 2. The van der Waals surface area contributed by atoms with Crippen molar-refractivity contribution in [3.63, 3.8) is 0 Å². The average Bonchev–Trinajstić information content (AvgIpc) is 2.39. The lowest BCUT2D eigenvalue weighted by Crippen LogP contribution is -2.07. The summed E-state index contributed by atoms with van der Waals surface area (Å²) in [6.07, 6.45) is 0. The molecule has 2 rings (SSSR count). The van der Waals surface area contributed by atoms with E-state index >= 15 is 0 Å². The van der Waals surface area contributed by atoms with E-state index in [4.69, 9.17) is 5.84 Å². The van der Waals surface area contributed by atoms with E-state index in [1.165, 1.54) is 0 Å². The smallest absolute Gasteiger partial charge is 0.193 e. The minimum absolute atomic E-state index is 0.000992. The summed E-state index contributed by atoms with van der Waals surface area (Å²) in [5.41, 5.74) is 4.61. The molecule has 0 radical (unpaired) electrons. The number of nitrogens with one attached hydrogen (secondary N) is 1. The highest BCUT2D eigenvalue weighted by Gasteiger charge is 2.08. The summed E-state index contributed by atoms with van der Waals surface area (Å²) < 4.78 is 0.955. The molecule has 0 atom stereocenters. The van der Waals surface area contributed by atoms with Gasteiger partial charge in [0.2, 0.25) is 0 Å². The molecule has 2 aromatic rings. The molecule has 17 heavy (non-hydrogen) atoms. The first-order valence-corrected chi connectivity index (χ1v) is 5.87. The lowest BCUT2D eigenvalue weighted by atomic mass is 10.0. The molecule has 0 fully saturated rings. The van der Waals surface area contributed by atoms with Crippen molar-refractivity contribution in [3.8, 4) is 0 Å². The Kier molecular flexibility index (Phi) is 3.56. The standard InChI is InChI=1S/C13H11BrN2O/c14-11-5-1-9(2-6-11)13(17)10-3-7-12(16-15)8-4-10/h1-8,16H,15H2. The summed E-state index contributed by atoms with van der Waals surface area (Å²) in [4.78, 5) is 12.1. The molecule has 3 nitrogen and oxygen atoms in total. The molecule has 3 N–H and O–H groups in total. The first-order valence-electron chi connectivity index (χ1n) is 5.07. The van der Waals surface area contributed by atoms with Crippen molar-refractivity contribution in [2.75, 3.05) is 5.43 Å². The van der Waals surface area contributed by atoms with E-state index in [-0.39, 0.29) is 5.78 Å². The Morgan fingerprint density at radius 2 is 1.41 bits per heavy atom. The fraction of sp³-hybridized carbons (Fsp3) is 0. The van der Waals surface area contributed by atoms with Crippen LogP contribution in [0.25, 0.3) is 0 Å². The maximum absolute atomic E-state index is 12.1. The van der Waals surface area contributed by atoms with Crippen LogP contribution >= 0.6 is 15.9 Å². The van der Waals surface area contributed by atoms with Gasteiger partial charge in [0.05, 0.1) is 0 Å². The van der Waals surface area contributed by atoms with Gasteiger partial charge in [-0.3, -0.25) is 10.6 Å². The number of halogens is 1. The van der Waals surface area contributed by atoms with Gasteiger partial charge in [-0.05, 0) is 48.5 Å². The Morgan fingerprint density at radius 3 is 1.88 bits per heavy atom. The molecule has 0 aromatic heterocycles. The second kappa shape index (κ2) is 5.12. The normalized spacial score (nSPS) is 10.0. The summed E-state index contributed by atoms with van der Waals surface area (Å²) in [7, 11) is 0. The number of rotatable bonds is 3. The van der Waals surface area contributed by atoms with E-state index in [0.29, 0.717) is 11.1 Å². The summed E-state index contributed by atoms with van der Waals surface area (Å²) in [6, 6.07) is 14.3. The molecule has 0 unspecified atom stereocenters. The fourth-order valence-electron chi connectivity index (χ4n) is 1.49. The Bertz CT molecular complexity index is 520. The van der Waals surface area contributed by atoms with Gasteiger partial charge in [0.25, 0.3) is 0 Å². The Hall–Kier alpha value is -1.65. The summed E-state index contributed by atoms with van der Waals surface area (Å²) >= 11 is 3.34. The predicted octanol–water partition coefficient (Wildman–Crippen LogP) is 2.97. The molecule has 0 heterocycles. The topological polar surface area (TPSA) is 55.1 Å². The molecule has 0 aliphatic rings. The van der Waals surface area contributed by atoms with Crippen LogP contribution in [0.15, 0.2) is 53.0 Å². The number of hydrazine groups is 1. The van der Waals surface area contributed by atoms with E-state index in [1.54, 1.807) is 36.4 Å². The molecular formula is C13H11BrN2O. The highest BCUT2D eigenvalue weighted by Crippen LogP contribution is 2.15. The monoisotopic (exact) mass is 290 g/mol. The van der Waals surface area contributed by atoms with Crippen LogP contribution in [0.4, 0.5) is 5.69 Å². The van der Waals surface area contributed by atoms with Crippen molar-refractivity contribution in [2.45, 2.75) is 0 Å². The summed E-state index contributed by atoms with van der Waals surface area (Å²) in [5.74, 6) is 5.26. The number of anilines is 1. The third kappa shape index (κ3) is 2.72. The summed E-state index contributed by atoms with van der Waals surface area (Å²) in [5, 5.41) is 0. The van der Waals surface area contributed by atoms with Gasteiger partial charge in [-0.15, -0.1) is 0 Å². The molecule has 2 aromatic carbocycles. The van der Waals surface area contributed by atoms with Crippen molar-refractivity contribution in [2.24, 2.45) is 5.84 Å². The Labute approximate surface area is 108 Å². The molecule has 0 amide bonds. The number of hydrogen-bond donors (Lipinski definition) is 2. The van der Waals surface area contributed by atoms with Gasteiger partial charge in [0.1, 0.15) is 0 Å². The van der Waals surface area contributed by atoms with Crippen molar-refractivity contribution in [1.29, 1.82) is 0 Å². The van der Waals surface area contributed by atoms with E-state index < -0.39 is 0 Å². The van der Waals surface area contributed by atoms with Crippen LogP contribution in [-0.4, -0.2) is 5.78 Å². The minimum Gasteiger partial charge on any atom is -0.324 e. The van der Waals surface area contributed by atoms with Crippen LogP contribution in [0, 0.1) is 0 Å². The molecular weight excluding hydrogens is 280 g/mol. The molecule has 4 heteroatoms. The lowest BCUT2D eigenvalue weighted by molar-refractivity contribution is 0.103. The van der Waals surface area contributed by atoms with Crippen LogP contribution in [0.5, 0.6) is 0 Å². The first-order chi connectivity index (χ1) is 8.20. The summed E-state index contributed by atoms with van der Waals surface area (Å²) in [6.45, 7) is 0. The zero-order valence-corrected chi connectivity index (χ0v) is 10.6. The maximum atomic E-state index is 12.1. The van der Waals surface area contributed by atoms with E-state index in [0.717, 1.165) is 10.2 Å². The van der Waals surface area contributed by atoms with Crippen molar-refractivity contribution in [3.05, 3.63) is 64.1 Å². The van der Waals surface area contributed by atoms with E-state index in [9.17, 15) is 4.79 Å². The van der Waals surface area contributed by atoms with E-state index in [2.05, 4.69) is 21.4 Å². The second-order valence-corrected chi connectivity index (χ2v) is 4.47. The van der Waals surface area contributed by atoms with Gasteiger partial charge in [-0.1, -0.05) is 15.9 Å². The van der Waals surface area contributed by atoms with Gasteiger partial charge in [-0.2, -0.15) is 0 Å². The number of nitrogen functional groups attached to an aromatic ring is 1. The number of nitrogens with two attached hydrogens (primary N) is 1. The number of carbonyl (C=O) groups is 1. The van der Waals surface area contributed by atoms with Crippen molar-refractivity contribution < 1.29 is 4.79 Å². The second-order valence-electron chi connectivity index (χ2n) is 3.56. The van der Waals surface area contributed by atoms with Crippen LogP contribution in [0.3, 0.4) is 0 Å². The van der Waals surface area contributed by atoms with Crippen molar-refractivity contribution in [1.82, 2.24) is 0 Å².